The van der Waals surface area contributed by atoms with Crippen molar-refractivity contribution in [2.24, 2.45) is 11.7 Å². The van der Waals surface area contributed by atoms with Gasteiger partial charge in [-0.05, 0) is 31.4 Å². The van der Waals surface area contributed by atoms with Crippen LogP contribution in [0.15, 0.2) is 30.3 Å². The fraction of sp³-hybridized carbons (Fsp3) is 0.588. The van der Waals surface area contributed by atoms with Gasteiger partial charge in [0.15, 0.2) is 0 Å². The highest BCUT2D eigenvalue weighted by Gasteiger charge is 2.35. The number of carbonyl (C=O) groups excluding carboxylic acids is 1. The maximum atomic E-state index is 12.8. The predicted octanol–water partition coefficient (Wildman–Crippen LogP) is 2.18. The van der Waals surface area contributed by atoms with Gasteiger partial charge in [-0.2, -0.15) is 0 Å². The van der Waals surface area contributed by atoms with Crippen LogP contribution in [-0.2, 0) is 16.1 Å². The first kappa shape index (κ1) is 16.0. The molecule has 0 spiro atoms. The molecule has 0 radical (unpaired) electrons. The third-order valence-electron chi connectivity index (χ3n) is 4.09. The number of amides is 1. The smallest absolute Gasteiger partial charge is 0.228 e. The lowest BCUT2D eigenvalue weighted by Gasteiger charge is -2.27. The molecule has 1 saturated heterocycles. The van der Waals surface area contributed by atoms with Crippen molar-refractivity contribution in [1.29, 1.82) is 0 Å². The van der Waals surface area contributed by atoms with E-state index in [0.717, 1.165) is 31.4 Å². The van der Waals surface area contributed by atoms with E-state index in [1.54, 1.807) is 0 Å². The van der Waals surface area contributed by atoms with Crippen LogP contribution in [-0.4, -0.2) is 36.6 Å². The molecule has 2 atom stereocenters. The van der Waals surface area contributed by atoms with Crippen molar-refractivity contribution < 1.29 is 9.53 Å². The number of ether oxygens (including phenoxy) is 1. The summed E-state index contributed by atoms with van der Waals surface area (Å²) in [7, 11) is 0. The Labute approximate surface area is 127 Å². The first-order valence-corrected chi connectivity index (χ1v) is 7.90. The molecule has 1 aliphatic rings. The van der Waals surface area contributed by atoms with E-state index in [2.05, 4.69) is 19.1 Å². The van der Waals surface area contributed by atoms with Crippen molar-refractivity contribution in [3.05, 3.63) is 35.9 Å². The quantitative estimate of drug-likeness (QED) is 0.837. The zero-order valence-corrected chi connectivity index (χ0v) is 12.8. The van der Waals surface area contributed by atoms with Crippen LogP contribution in [0.25, 0.3) is 0 Å². The largest absolute Gasteiger partial charge is 0.377 e. The van der Waals surface area contributed by atoms with Crippen molar-refractivity contribution in [3.8, 4) is 0 Å². The Kier molecular flexibility index (Phi) is 6.21. The Morgan fingerprint density at radius 1 is 1.38 bits per heavy atom. The number of hydrogen-bond donors (Lipinski definition) is 1. The molecule has 1 heterocycles. The van der Waals surface area contributed by atoms with Crippen LogP contribution in [0.2, 0.25) is 0 Å². The molecule has 1 amide bonds. The Morgan fingerprint density at radius 3 is 2.81 bits per heavy atom. The molecule has 1 aromatic rings. The fourth-order valence-electron chi connectivity index (χ4n) is 2.92. The van der Waals surface area contributed by atoms with Crippen molar-refractivity contribution in [3.63, 3.8) is 0 Å². The summed E-state index contributed by atoms with van der Waals surface area (Å²) in [5, 5.41) is 0. The topological polar surface area (TPSA) is 55.6 Å². The van der Waals surface area contributed by atoms with Gasteiger partial charge < -0.3 is 15.4 Å². The first-order chi connectivity index (χ1) is 10.3. The average molecular weight is 290 g/mol. The van der Waals surface area contributed by atoms with Crippen LogP contribution in [0.4, 0.5) is 0 Å². The molecular weight excluding hydrogens is 264 g/mol. The minimum Gasteiger partial charge on any atom is -0.377 e. The lowest BCUT2D eigenvalue weighted by molar-refractivity contribution is -0.138. The van der Waals surface area contributed by atoms with Gasteiger partial charge in [0.2, 0.25) is 5.91 Å². The molecular formula is C17H26N2O2. The highest BCUT2D eigenvalue weighted by atomic mass is 16.5. The van der Waals surface area contributed by atoms with Crippen LogP contribution < -0.4 is 5.73 Å². The van der Waals surface area contributed by atoms with E-state index in [1.807, 2.05) is 23.1 Å². The second-order valence-electron chi connectivity index (χ2n) is 5.60. The minimum absolute atomic E-state index is 0.0106. The highest BCUT2D eigenvalue weighted by molar-refractivity contribution is 5.79. The number of nitrogens with zero attached hydrogens (tertiary/aromatic N) is 1. The maximum absolute atomic E-state index is 12.8. The molecule has 1 fully saturated rings. The molecule has 4 heteroatoms. The Balaban J connectivity index is 2.05. The normalized spacial score (nSPS) is 21.4. The molecule has 0 aromatic heterocycles. The van der Waals surface area contributed by atoms with Gasteiger partial charge in [0.25, 0.3) is 0 Å². The molecule has 0 bridgehead atoms. The summed E-state index contributed by atoms with van der Waals surface area (Å²) < 4.78 is 5.67. The fourth-order valence-corrected chi connectivity index (χ4v) is 2.92. The summed E-state index contributed by atoms with van der Waals surface area (Å²) in [6.07, 6.45) is 2.65. The van der Waals surface area contributed by atoms with E-state index in [4.69, 9.17) is 10.5 Å². The zero-order valence-electron chi connectivity index (χ0n) is 12.8. The van der Waals surface area contributed by atoms with E-state index >= 15 is 0 Å². The first-order valence-electron chi connectivity index (χ1n) is 7.90. The zero-order chi connectivity index (χ0) is 15.1. The second kappa shape index (κ2) is 8.15. The number of nitrogens with two attached hydrogens (primary N) is 1. The van der Waals surface area contributed by atoms with Crippen molar-refractivity contribution in [2.45, 2.75) is 38.8 Å². The standard InChI is InChI=1S/C17H26N2O2/c1-2-16-15(9-12-21-16)17(20)19(11-6-10-18)13-14-7-4-3-5-8-14/h3-5,7-8,15-16H,2,6,9-13,18H2,1H3. The van der Waals surface area contributed by atoms with Gasteiger partial charge in [-0.3, -0.25) is 4.79 Å². The highest BCUT2D eigenvalue weighted by Crippen LogP contribution is 2.26. The van der Waals surface area contributed by atoms with Gasteiger partial charge in [0, 0.05) is 19.7 Å². The van der Waals surface area contributed by atoms with E-state index in [1.165, 1.54) is 0 Å². The summed E-state index contributed by atoms with van der Waals surface area (Å²) in [4.78, 5) is 14.8. The van der Waals surface area contributed by atoms with Crippen LogP contribution in [0, 0.1) is 5.92 Å². The van der Waals surface area contributed by atoms with Gasteiger partial charge in [-0.25, -0.2) is 0 Å². The molecule has 2 N–H and O–H groups in total. The second-order valence-corrected chi connectivity index (χ2v) is 5.60. The molecule has 0 aliphatic carbocycles. The minimum atomic E-state index is 0.0106. The molecule has 21 heavy (non-hydrogen) atoms. The van der Waals surface area contributed by atoms with E-state index in [0.29, 0.717) is 19.7 Å². The van der Waals surface area contributed by atoms with Gasteiger partial charge in [0.05, 0.1) is 12.0 Å². The van der Waals surface area contributed by atoms with Crippen LogP contribution in [0.5, 0.6) is 0 Å². The Hall–Kier alpha value is -1.39. The van der Waals surface area contributed by atoms with Gasteiger partial charge in [-0.15, -0.1) is 0 Å². The van der Waals surface area contributed by atoms with Gasteiger partial charge >= 0.3 is 0 Å². The van der Waals surface area contributed by atoms with E-state index < -0.39 is 0 Å². The van der Waals surface area contributed by atoms with Crippen molar-refractivity contribution in [1.82, 2.24) is 4.90 Å². The van der Waals surface area contributed by atoms with Crippen LogP contribution >= 0.6 is 0 Å². The summed E-state index contributed by atoms with van der Waals surface area (Å²) in [6, 6.07) is 10.1. The Morgan fingerprint density at radius 2 is 2.14 bits per heavy atom. The predicted molar refractivity (Wildman–Crippen MR) is 83.7 cm³/mol. The number of hydrogen-bond acceptors (Lipinski definition) is 3. The molecule has 2 unspecified atom stereocenters. The van der Waals surface area contributed by atoms with Crippen molar-refractivity contribution in [2.75, 3.05) is 19.7 Å². The molecule has 0 saturated carbocycles. The number of rotatable bonds is 7. The van der Waals surface area contributed by atoms with E-state index in [9.17, 15) is 4.79 Å². The molecule has 1 aliphatic heterocycles. The van der Waals surface area contributed by atoms with Crippen LogP contribution in [0.1, 0.15) is 31.7 Å². The molecule has 2 rings (SSSR count). The lowest BCUT2D eigenvalue weighted by Crippen LogP contribution is -2.39. The van der Waals surface area contributed by atoms with Gasteiger partial charge in [-0.1, -0.05) is 37.3 Å². The number of carbonyl (C=O) groups is 1. The monoisotopic (exact) mass is 290 g/mol. The van der Waals surface area contributed by atoms with Crippen molar-refractivity contribution >= 4 is 5.91 Å². The molecule has 4 nitrogen and oxygen atoms in total. The summed E-state index contributed by atoms with van der Waals surface area (Å²) in [6.45, 7) is 4.77. The third kappa shape index (κ3) is 4.29. The molecule has 1 aromatic carbocycles. The summed E-state index contributed by atoms with van der Waals surface area (Å²) in [5.41, 5.74) is 6.78. The van der Waals surface area contributed by atoms with Crippen LogP contribution in [0.3, 0.4) is 0 Å². The lowest BCUT2D eigenvalue weighted by atomic mass is 9.97. The van der Waals surface area contributed by atoms with E-state index in [-0.39, 0.29) is 17.9 Å². The molecule has 116 valence electrons. The SMILES string of the molecule is CCC1OCCC1C(=O)N(CCCN)Cc1ccccc1. The maximum Gasteiger partial charge on any atom is 0.228 e. The third-order valence-corrected chi connectivity index (χ3v) is 4.09. The van der Waals surface area contributed by atoms with Gasteiger partial charge in [0.1, 0.15) is 0 Å². The average Bonchev–Trinajstić information content (AvgIpc) is 3.00. The Bertz CT molecular complexity index is 436. The number of benzene rings is 1. The summed E-state index contributed by atoms with van der Waals surface area (Å²) >= 11 is 0. The summed E-state index contributed by atoms with van der Waals surface area (Å²) in [5.74, 6) is 0.230.